The molecule has 2 aliphatic carbocycles. The molecule has 0 unspecified atom stereocenters. The zero-order valence-electron chi connectivity index (χ0n) is 24.0. The van der Waals surface area contributed by atoms with E-state index in [-0.39, 0.29) is 5.54 Å². The molecule has 0 bridgehead atoms. The summed E-state index contributed by atoms with van der Waals surface area (Å²) >= 11 is -2.56. The molecule has 0 saturated carbocycles. The number of unbranched alkanes of at least 4 members (excludes halogenated alkanes) is 3. The number of ether oxygens (including phenoxy) is 1. The molecule has 0 aromatic heterocycles. The van der Waals surface area contributed by atoms with Crippen LogP contribution in [-0.2, 0) is 4.74 Å². The third-order valence-electron chi connectivity index (χ3n) is 9.34. The van der Waals surface area contributed by atoms with Crippen molar-refractivity contribution in [2.75, 3.05) is 6.61 Å². The predicted molar refractivity (Wildman–Crippen MR) is 159 cm³/mol. The van der Waals surface area contributed by atoms with Crippen molar-refractivity contribution < 1.29 is 4.74 Å². The van der Waals surface area contributed by atoms with E-state index < -0.39 is 18.4 Å². The Bertz CT molecular complexity index is 951. The van der Waals surface area contributed by atoms with Crippen molar-refractivity contribution in [3.63, 3.8) is 0 Å². The predicted octanol–water partition coefficient (Wildman–Crippen LogP) is 9.64. The maximum absolute atomic E-state index is 6.17. The minimum absolute atomic E-state index is 0.0902. The molecule has 198 valence electrons. The van der Waals surface area contributed by atoms with E-state index in [4.69, 9.17) is 9.73 Å². The zero-order valence-corrected chi connectivity index (χ0v) is 26.9. The number of rotatable bonds is 12. The number of hydrogen-bond donors (Lipinski definition) is 0. The molecular weight excluding hydrogens is 545 g/mol. The van der Waals surface area contributed by atoms with Crippen molar-refractivity contribution in [2.24, 2.45) is 22.7 Å². The van der Waals surface area contributed by atoms with E-state index in [1.54, 1.807) is 18.9 Å². The zero-order chi connectivity index (χ0) is 25.8. The van der Waals surface area contributed by atoms with Crippen LogP contribution in [0, 0.1) is 17.8 Å². The molecule has 0 saturated heterocycles. The van der Waals surface area contributed by atoms with Crippen LogP contribution in [-0.4, -0.2) is 36.4 Å². The number of fused-ring (bicyclic) bond motifs is 1. The molecule has 0 radical (unpaired) electrons. The number of nitrogens with zero attached hydrogens (tertiary/aromatic N) is 1. The van der Waals surface area contributed by atoms with Crippen molar-refractivity contribution in [3.8, 4) is 0 Å². The molecular formula is C33H51NOSn. The first kappa shape index (κ1) is 28.0. The van der Waals surface area contributed by atoms with Gasteiger partial charge in [-0.2, -0.15) is 0 Å². The molecule has 36 heavy (non-hydrogen) atoms. The SMILES string of the molecule is CCC[CH2][Sn]([CH2]CCC)([CH2]CCC)[C]1=C(c2ccccc2)[C@H]2CC=C(C3=NC(C)(C)CO3)[C@H](C)[C@H]2C1. The van der Waals surface area contributed by atoms with Crippen molar-refractivity contribution in [3.05, 3.63) is 51.1 Å². The van der Waals surface area contributed by atoms with Crippen LogP contribution in [0.4, 0.5) is 0 Å². The van der Waals surface area contributed by atoms with Gasteiger partial charge in [0.25, 0.3) is 0 Å². The fourth-order valence-corrected chi connectivity index (χ4v) is 25.3. The number of aliphatic imine (C=N–C) groups is 1. The Balaban J connectivity index is 1.78. The van der Waals surface area contributed by atoms with Gasteiger partial charge in [-0.05, 0) is 0 Å². The Morgan fingerprint density at radius 1 is 0.944 bits per heavy atom. The fourth-order valence-electron chi connectivity index (χ4n) is 7.31. The van der Waals surface area contributed by atoms with Crippen LogP contribution >= 0.6 is 0 Å². The molecule has 4 rings (SSSR count). The van der Waals surface area contributed by atoms with E-state index in [1.807, 2.05) is 3.59 Å². The van der Waals surface area contributed by atoms with E-state index in [1.165, 1.54) is 56.1 Å². The molecule has 0 N–H and O–H groups in total. The second kappa shape index (κ2) is 12.2. The molecule has 1 aliphatic heterocycles. The van der Waals surface area contributed by atoms with Gasteiger partial charge in [-0.3, -0.25) is 0 Å². The quantitative estimate of drug-likeness (QED) is 0.220. The van der Waals surface area contributed by atoms with Gasteiger partial charge in [0.1, 0.15) is 0 Å². The average Bonchev–Trinajstić information content (AvgIpc) is 3.45. The van der Waals surface area contributed by atoms with E-state index in [0.717, 1.165) is 12.3 Å². The first-order valence-corrected chi connectivity index (χ1v) is 22.6. The van der Waals surface area contributed by atoms with Gasteiger partial charge in [-0.25, -0.2) is 0 Å². The van der Waals surface area contributed by atoms with Gasteiger partial charge in [0.05, 0.1) is 0 Å². The van der Waals surface area contributed by atoms with E-state index >= 15 is 0 Å². The van der Waals surface area contributed by atoms with Crippen LogP contribution in [0.25, 0.3) is 5.57 Å². The van der Waals surface area contributed by atoms with Crippen molar-refractivity contribution in [1.82, 2.24) is 0 Å². The van der Waals surface area contributed by atoms with Crippen molar-refractivity contribution in [1.29, 1.82) is 0 Å². The van der Waals surface area contributed by atoms with Crippen molar-refractivity contribution >= 4 is 29.8 Å². The number of hydrogen-bond acceptors (Lipinski definition) is 2. The number of allylic oxidation sites excluding steroid dienone is 3. The van der Waals surface area contributed by atoms with Crippen LogP contribution in [0.2, 0.25) is 13.3 Å². The summed E-state index contributed by atoms with van der Waals surface area (Å²) in [6.07, 6.45) is 13.3. The third-order valence-corrected chi connectivity index (χ3v) is 25.6. The average molecular weight is 596 g/mol. The molecule has 3 atom stereocenters. The number of benzene rings is 1. The molecule has 1 aromatic carbocycles. The summed E-state index contributed by atoms with van der Waals surface area (Å²) in [5, 5.41) is 0. The second-order valence-corrected chi connectivity index (χ2v) is 25.8. The Hall–Kier alpha value is -1.03. The summed E-state index contributed by atoms with van der Waals surface area (Å²) in [5.74, 6) is 2.82. The normalized spacial score (nSPS) is 25.4. The summed E-state index contributed by atoms with van der Waals surface area (Å²) in [4.78, 5) is 5.00. The van der Waals surface area contributed by atoms with Crippen LogP contribution in [0.5, 0.6) is 0 Å². The summed E-state index contributed by atoms with van der Waals surface area (Å²) in [6.45, 7) is 14.8. The molecule has 1 aromatic rings. The molecule has 3 heteroatoms. The fraction of sp³-hybridized carbons (Fsp3) is 0.667. The summed E-state index contributed by atoms with van der Waals surface area (Å²) in [6, 6.07) is 11.6. The van der Waals surface area contributed by atoms with E-state index in [0.29, 0.717) is 24.4 Å². The first-order chi connectivity index (χ1) is 17.4. The van der Waals surface area contributed by atoms with E-state index in [9.17, 15) is 0 Å². The first-order valence-electron chi connectivity index (χ1n) is 15.1. The van der Waals surface area contributed by atoms with Gasteiger partial charge < -0.3 is 0 Å². The molecule has 0 spiro atoms. The molecule has 0 fully saturated rings. The van der Waals surface area contributed by atoms with E-state index in [2.05, 4.69) is 78.0 Å². The standard InChI is InChI=1S/C21H24NO.3C4H9.Sn/c1-14-16-9-11-18(15-7-5-4-6-8-15)19(16)12-10-17(14)20-22-21(2,3)13-23-20;3*1-3-4-2;/h4-8,10,14,16,19H,9,12-13H2,1-3H3;3*1,3-4H2,2H3;/t14-,16-,19+;;;;/m1..../s1. The Morgan fingerprint density at radius 2 is 1.56 bits per heavy atom. The van der Waals surface area contributed by atoms with Gasteiger partial charge in [0.15, 0.2) is 0 Å². The van der Waals surface area contributed by atoms with Crippen LogP contribution in [0.15, 0.2) is 50.6 Å². The minimum atomic E-state index is -2.56. The molecule has 2 nitrogen and oxygen atoms in total. The summed E-state index contributed by atoms with van der Waals surface area (Å²) in [5.41, 5.74) is 4.64. The second-order valence-electron chi connectivity index (χ2n) is 12.5. The van der Waals surface area contributed by atoms with Gasteiger partial charge in [-0.15, -0.1) is 0 Å². The monoisotopic (exact) mass is 597 g/mol. The van der Waals surface area contributed by atoms with Crippen molar-refractivity contribution in [2.45, 2.75) is 112 Å². The van der Waals surface area contributed by atoms with Gasteiger partial charge in [0.2, 0.25) is 0 Å². The molecule has 1 heterocycles. The van der Waals surface area contributed by atoms with Crippen LogP contribution < -0.4 is 0 Å². The van der Waals surface area contributed by atoms with Gasteiger partial charge in [0, 0.05) is 0 Å². The van der Waals surface area contributed by atoms with Crippen LogP contribution in [0.3, 0.4) is 0 Å². The third kappa shape index (κ3) is 5.84. The summed E-state index contributed by atoms with van der Waals surface area (Å²) in [7, 11) is 0. The van der Waals surface area contributed by atoms with Gasteiger partial charge >= 0.3 is 227 Å². The van der Waals surface area contributed by atoms with Gasteiger partial charge in [-0.1, -0.05) is 0 Å². The maximum atomic E-state index is 6.17. The Kier molecular flexibility index (Phi) is 9.50. The molecule has 3 aliphatic rings. The topological polar surface area (TPSA) is 21.6 Å². The van der Waals surface area contributed by atoms with Crippen LogP contribution in [0.1, 0.15) is 98.5 Å². The Labute approximate surface area is 226 Å². The Morgan fingerprint density at radius 3 is 2.08 bits per heavy atom. The summed E-state index contributed by atoms with van der Waals surface area (Å²) < 4.78 is 12.9. The molecule has 0 amide bonds.